The first kappa shape index (κ1) is 28.9. The maximum absolute atomic E-state index is 8.85. The van der Waals surface area contributed by atoms with Crippen LogP contribution in [0.1, 0.15) is 19.8 Å². The monoisotopic (exact) mass is 664 g/mol. The number of azide groups is 1. The van der Waals surface area contributed by atoms with E-state index < -0.39 is 0 Å². The molecule has 0 unspecified atom stereocenters. The van der Waals surface area contributed by atoms with Crippen molar-refractivity contribution in [1.29, 1.82) is 0 Å². The Morgan fingerprint density at radius 1 is 0.951 bits per heavy atom. The Labute approximate surface area is 253 Å². The number of hydrogen-bond acceptors (Lipinski definition) is 6. The molecule has 0 radical (unpaired) electrons. The van der Waals surface area contributed by atoms with Gasteiger partial charge in [0, 0.05) is 55.4 Å². The molecule has 1 fully saturated rings. The molecule has 1 aliphatic heterocycles. The maximum Gasteiger partial charge on any atom is 0.167 e. The fourth-order valence-electron chi connectivity index (χ4n) is 5.11. The molecule has 212 valence electrons. The summed E-state index contributed by atoms with van der Waals surface area (Å²) in [4.78, 5) is 5.22. The molecule has 0 N–H and O–H groups in total. The van der Waals surface area contributed by atoms with E-state index >= 15 is 0 Å². The quantitative estimate of drug-likeness (QED) is 0.0528. The van der Waals surface area contributed by atoms with E-state index in [1.54, 1.807) is 7.11 Å². The van der Waals surface area contributed by atoms with Crippen molar-refractivity contribution in [3.05, 3.63) is 80.7 Å². The van der Waals surface area contributed by atoms with Gasteiger partial charge >= 0.3 is 0 Å². The third-order valence-electron chi connectivity index (χ3n) is 7.16. The lowest BCUT2D eigenvalue weighted by molar-refractivity contribution is 0.123. The molecule has 9 heteroatoms. The average molecular weight is 665 g/mol. The molecule has 4 aromatic carbocycles. The van der Waals surface area contributed by atoms with E-state index in [9.17, 15) is 0 Å². The smallest absolute Gasteiger partial charge is 0.167 e. The number of unbranched alkanes of at least 4 members (excludes halogenated alkanes) is 1. The minimum Gasteiger partial charge on any atom is -0.497 e. The molecule has 1 saturated heterocycles. The fourth-order valence-corrected chi connectivity index (χ4v) is 6.00. The van der Waals surface area contributed by atoms with Crippen LogP contribution < -0.4 is 19.1 Å². The molecule has 4 aromatic rings. The number of fused-ring (bicyclic) bond motifs is 1. The van der Waals surface area contributed by atoms with Crippen molar-refractivity contribution < 1.29 is 18.9 Å². The summed E-state index contributed by atoms with van der Waals surface area (Å²) in [7, 11) is 1.62. The standard InChI is InChI=1S/C32H33IN4O4/c1-3-4-14-40-31-20-28(33)32(22-8-6-5-7-9-22)27-19-29(37-12-15-39-16-13-37)25(18-26(27)31)24-11-10-23(38-2)17-30(24)41-21-35-36-34/h5-11,17-20H,3-4,12-16,21H2,1-2H3. The number of methoxy groups -OCH3 is 1. The zero-order valence-corrected chi connectivity index (χ0v) is 25.5. The minimum atomic E-state index is -0.126. The summed E-state index contributed by atoms with van der Waals surface area (Å²) in [6, 6.07) is 22.9. The Morgan fingerprint density at radius 2 is 1.76 bits per heavy atom. The topological polar surface area (TPSA) is 88.9 Å². The van der Waals surface area contributed by atoms with Gasteiger partial charge in [-0.2, -0.15) is 0 Å². The number of rotatable bonds is 11. The molecule has 41 heavy (non-hydrogen) atoms. The van der Waals surface area contributed by atoms with Gasteiger partial charge in [0.05, 0.1) is 26.9 Å². The molecule has 0 aliphatic carbocycles. The highest BCUT2D eigenvalue weighted by molar-refractivity contribution is 14.1. The zero-order valence-electron chi connectivity index (χ0n) is 23.3. The third-order valence-corrected chi connectivity index (χ3v) is 8.01. The maximum atomic E-state index is 8.85. The molecule has 0 amide bonds. The van der Waals surface area contributed by atoms with Crippen molar-refractivity contribution in [1.82, 2.24) is 0 Å². The second-order valence-corrected chi connectivity index (χ2v) is 10.8. The van der Waals surface area contributed by atoms with Gasteiger partial charge in [-0.25, -0.2) is 0 Å². The number of anilines is 1. The van der Waals surface area contributed by atoms with Crippen molar-refractivity contribution >= 4 is 39.1 Å². The van der Waals surface area contributed by atoms with Crippen LogP contribution in [0.25, 0.3) is 43.5 Å². The fraction of sp³-hybridized carbons (Fsp3) is 0.312. The van der Waals surface area contributed by atoms with Gasteiger partial charge in [-0.1, -0.05) is 48.8 Å². The van der Waals surface area contributed by atoms with Gasteiger partial charge in [-0.3, -0.25) is 0 Å². The molecule has 1 aliphatic rings. The molecule has 0 aromatic heterocycles. The van der Waals surface area contributed by atoms with Crippen LogP contribution in [-0.2, 0) is 4.74 Å². The molecular formula is C32H33IN4O4. The Morgan fingerprint density at radius 3 is 2.49 bits per heavy atom. The number of ether oxygens (including phenoxy) is 4. The molecule has 0 bridgehead atoms. The van der Waals surface area contributed by atoms with E-state index in [1.165, 1.54) is 5.56 Å². The van der Waals surface area contributed by atoms with Crippen molar-refractivity contribution in [2.75, 3.05) is 51.7 Å². The molecule has 5 rings (SSSR count). The van der Waals surface area contributed by atoms with Gasteiger partial charge in [-0.15, -0.1) is 0 Å². The molecule has 0 atom stereocenters. The van der Waals surface area contributed by atoms with Gasteiger partial charge in [0.1, 0.15) is 17.2 Å². The Bertz CT molecular complexity index is 1550. The number of nitrogens with zero attached hydrogens (tertiary/aromatic N) is 4. The van der Waals surface area contributed by atoms with Crippen LogP contribution in [0.4, 0.5) is 5.69 Å². The van der Waals surface area contributed by atoms with Crippen LogP contribution >= 0.6 is 22.6 Å². The summed E-state index contributed by atoms with van der Waals surface area (Å²) >= 11 is 2.43. The van der Waals surface area contributed by atoms with E-state index in [2.05, 4.69) is 86.9 Å². The van der Waals surface area contributed by atoms with E-state index in [0.717, 1.165) is 68.4 Å². The van der Waals surface area contributed by atoms with Gasteiger partial charge in [0.15, 0.2) is 6.73 Å². The van der Waals surface area contributed by atoms with Crippen LogP contribution in [-0.4, -0.2) is 46.8 Å². The summed E-state index contributed by atoms with van der Waals surface area (Å²) in [5.41, 5.74) is 14.1. The summed E-state index contributed by atoms with van der Waals surface area (Å²) in [6.07, 6.45) is 2.04. The van der Waals surface area contributed by atoms with Crippen LogP contribution in [0.3, 0.4) is 0 Å². The first-order valence-corrected chi connectivity index (χ1v) is 14.9. The summed E-state index contributed by atoms with van der Waals surface area (Å²) in [5.74, 6) is 2.09. The predicted molar refractivity (Wildman–Crippen MR) is 172 cm³/mol. The zero-order chi connectivity index (χ0) is 28.6. The first-order chi connectivity index (χ1) is 20.1. The summed E-state index contributed by atoms with van der Waals surface area (Å²) in [6.45, 7) is 5.54. The normalized spacial score (nSPS) is 13.1. The first-order valence-electron chi connectivity index (χ1n) is 13.8. The lowest BCUT2D eigenvalue weighted by Crippen LogP contribution is -2.36. The Hall–Kier alpha value is -3.66. The second kappa shape index (κ2) is 13.8. The summed E-state index contributed by atoms with van der Waals surface area (Å²) < 4.78 is 24.7. The van der Waals surface area contributed by atoms with Crippen molar-refractivity contribution in [2.24, 2.45) is 5.11 Å². The minimum absolute atomic E-state index is 0.126. The van der Waals surface area contributed by atoms with Gasteiger partial charge in [-0.05, 0) is 75.8 Å². The second-order valence-electron chi connectivity index (χ2n) is 9.68. The molecule has 8 nitrogen and oxygen atoms in total. The lowest BCUT2D eigenvalue weighted by Gasteiger charge is -2.32. The molecular weight excluding hydrogens is 631 g/mol. The predicted octanol–water partition coefficient (Wildman–Crippen LogP) is 8.45. The summed E-state index contributed by atoms with van der Waals surface area (Å²) in [5, 5.41) is 5.76. The van der Waals surface area contributed by atoms with Gasteiger partial charge < -0.3 is 23.8 Å². The SMILES string of the molecule is CCCCOc1cc(I)c(-c2ccccc2)c2cc(N3CCOCC3)c(-c3ccc(OC)cc3OCN=[N+]=[N-])cc12. The lowest BCUT2D eigenvalue weighted by atomic mass is 9.92. The van der Waals surface area contributed by atoms with Gasteiger partial charge in [0.25, 0.3) is 0 Å². The van der Waals surface area contributed by atoms with Gasteiger partial charge in [0.2, 0.25) is 0 Å². The van der Waals surface area contributed by atoms with E-state index in [0.29, 0.717) is 31.3 Å². The Kier molecular flexibility index (Phi) is 9.71. The van der Waals surface area contributed by atoms with Crippen LogP contribution in [0.15, 0.2) is 71.8 Å². The van der Waals surface area contributed by atoms with Crippen LogP contribution in [0.2, 0.25) is 0 Å². The average Bonchev–Trinajstić information content (AvgIpc) is 3.01. The highest BCUT2D eigenvalue weighted by Gasteiger charge is 2.23. The van der Waals surface area contributed by atoms with E-state index in [-0.39, 0.29) is 6.73 Å². The van der Waals surface area contributed by atoms with Crippen molar-refractivity contribution in [2.45, 2.75) is 19.8 Å². The highest BCUT2D eigenvalue weighted by atomic mass is 127. The van der Waals surface area contributed by atoms with Crippen LogP contribution in [0, 0.1) is 3.57 Å². The van der Waals surface area contributed by atoms with E-state index in [1.807, 2.05) is 24.3 Å². The third kappa shape index (κ3) is 6.48. The number of halogens is 1. The molecule has 0 saturated carbocycles. The van der Waals surface area contributed by atoms with Crippen molar-refractivity contribution in [3.63, 3.8) is 0 Å². The Balaban J connectivity index is 1.80. The highest BCUT2D eigenvalue weighted by Crippen LogP contribution is 2.46. The van der Waals surface area contributed by atoms with E-state index in [4.69, 9.17) is 24.5 Å². The molecule has 1 heterocycles. The van der Waals surface area contributed by atoms with Crippen LogP contribution in [0.5, 0.6) is 17.2 Å². The largest absolute Gasteiger partial charge is 0.497 e. The number of hydrogen-bond donors (Lipinski definition) is 0. The number of morpholine rings is 1. The number of benzene rings is 4. The van der Waals surface area contributed by atoms with Crippen molar-refractivity contribution in [3.8, 4) is 39.5 Å². The molecule has 0 spiro atoms.